The molecular formula is C24H18F2N4O. The molecule has 3 heterocycles. The number of aromatic amines is 2. The molecule has 0 bridgehead atoms. The van der Waals surface area contributed by atoms with Gasteiger partial charge >= 0.3 is 0 Å². The normalized spacial score (nSPS) is 12.5. The molecule has 0 saturated heterocycles. The van der Waals surface area contributed by atoms with Gasteiger partial charge in [0.1, 0.15) is 17.3 Å². The van der Waals surface area contributed by atoms with E-state index in [2.05, 4.69) is 20.2 Å². The molecule has 0 radical (unpaired) electrons. The highest BCUT2D eigenvalue weighted by atomic mass is 19.1. The van der Waals surface area contributed by atoms with Crippen LogP contribution in [0.1, 0.15) is 29.7 Å². The first-order chi connectivity index (χ1) is 14.9. The quantitative estimate of drug-likeness (QED) is 0.424. The maximum absolute atomic E-state index is 14.3. The van der Waals surface area contributed by atoms with E-state index in [1.165, 1.54) is 12.1 Å². The van der Waals surface area contributed by atoms with Crippen LogP contribution in [0.3, 0.4) is 0 Å². The molecule has 31 heavy (non-hydrogen) atoms. The van der Waals surface area contributed by atoms with Crippen LogP contribution >= 0.6 is 0 Å². The van der Waals surface area contributed by atoms with Crippen LogP contribution in [0.2, 0.25) is 0 Å². The summed E-state index contributed by atoms with van der Waals surface area (Å²) < 4.78 is 27.6. The van der Waals surface area contributed by atoms with E-state index in [1.54, 1.807) is 19.2 Å². The minimum atomic E-state index is -0.673. The summed E-state index contributed by atoms with van der Waals surface area (Å²) in [5, 5.41) is 9.16. The zero-order valence-corrected chi connectivity index (χ0v) is 16.8. The Bertz CT molecular complexity index is 1520. The highest BCUT2D eigenvalue weighted by Gasteiger charge is 2.18. The van der Waals surface area contributed by atoms with Crippen LogP contribution in [-0.2, 0) is 0 Å². The van der Waals surface area contributed by atoms with Crippen molar-refractivity contribution in [3.8, 4) is 11.3 Å². The number of H-pyrrole nitrogens is 2. The molecule has 154 valence electrons. The Morgan fingerprint density at radius 2 is 1.81 bits per heavy atom. The number of hydrogen-bond acceptors (Lipinski definition) is 3. The first kappa shape index (κ1) is 19.1. The summed E-state index contributed by atoms with van der Waals surface area (Å²) in [5.74, 6) is -1.87. The molecule has 0 spiro atoms. The van der Waals surface area contributed by atoms with Gasteiger partial charge in [0, 0.05) is 40.4 Å². The zero-order chi connectivity index (χ0) is 21.7. The van der Waals surface area contributed by atoms with Crippen LogP contribution in [0.25, 0.3) is 33.1 Å². The van der Waals surface area contributed by atoms with E-state index < -0.39 is 17.6 Å². The second-order valence-electron chi connectivity index (χ2n) is 7.68. The molecule has 0 fully saturated rings. The second kappa shape index (κ2) is 7.12. The number of benzene rings is 2. The van der Waals surface area contributed by atoms with Crippen molar-refractivity contribution in [1.82, 2.24) is 20.2 Å². The van der Waals surface area contributed by atoms with Gasteiger partial charge in [-0.15, -0.1) is 0 Å². The van der Waals surface area contributed by atoms with Gasteiger partial charge in [0.2, 0.25) is 0 Å². The number of aryl methyl sites for hydroxylation is 1. The molecule has 5 aromatic rings. The molecule has 7 heteroatoms. The molecule has 0 aliphatic carbocycles. The van der Waals surface area contributed by atoms with E-state index in [0.29, 0.717) is 11.1 Å². The molecule has 0 aliphatic rings. The number of rotatable bonds is 3. The zero-order valence-electron chi connectivity index (χ0n) is 16.8. The molecular weight excluding hydrogens is 398 g/mol. The van der Waals surface area contributed by atoms with Crippen molar-refractivity contribution in [3.63, 3.8) is 0 Å². The fraction of sp³-hybridized carbons (Fsp3) is 0.125. The first-order valence-electron chi connectivity index (χ1n) is 9.84. The number of halogens is 2. The maximum atomic E-state index is 14.3. The molecule has 1 atom stereocenters. The Labute approximate surface area is 175 Å². The summed E-state index contributed by atoms with van der Waals surface area (Å²) in [4.78, 5) is 19.9. The Balaban J connectivity index is 1.68. The Kier molecular flexibility index (Phi) is 4.39. The van der Waals surface area contributed by atoms with E-state index in [-0.39, 0.29) is 11.1 Å². The van der Waals surface area contributed by atoms with Gasteiger partial charge in [0.15, 0.2) is 0 Å². The minimum absolute atomic E-state index is 0.267. The van der Waals surface area contributed by atoms with Crippen molar-refractivity contribution in [2.24, 2.45) is 0 Å². The average molecular weight is 416 g/mol. The van der Waals surface area contributed by atoms with E-state index in [4.69, 9.17) is 0 Å². The first-order valence-corrected chi connectivity index (χ1v) is 9.84. The van der Waals surface area contributed by atoms with E-state index in [1.807, 2.05) is 31.2 Å². The summed E-state index contributed by atoms with van der Waals surface area (Å²) in [7, 11) is 0. The second-order valence-corrected chi connectivity index (χ2v) is 7.68. The van der Waals surface area contributed by atoms with Crippen LogP contribution in [0.5, 0.6) is 0 Å². The molecule has 5 rings (SSSR count). The van der Waals surface area contributed by atoms with Gasteiger partial charge in [-0.3, -0.25) is 14.9 Å². The summed E-state index contributed by atoms with van der Waals surface area (Å²) in [6.45, 7) is 3.65. The van der Waals surface area contributed by atoms with Crippen molar-refractivity contribution < 1.29 is 8.78 Å². The van der Waals surface area contributed by atoms with Gasteiger partial charge < -0.3 is 4.98 Å². The number of aromatic nitrogens is 4. The summed E-state index contributed by atoms with van der Waals surface area (Å²) in [6.07, 6.45) is 1.74. The third-order valence-corrected chi connectivity index (χ3v) is 5.62. The Morgan fingerprint density at radius 3 is 2.58 bits per heavy atom. The van der Waals surface area contributed by atoms with Crippen LogP contribution in [0.4, 0.5) is 8.78 Å². The topological polar surface area (TPSA) is 74.4 Å². The average Bonchev–Trinajstić information content (AvgIpc) is 3.14. The summed E-state index contributed by atoms with van der Waals surface area (Å²) in [6, 6.07) is 12.8. The van der Waals surface area contributed by atoms with Crippen molar-refractivity contribution in [3.05, 3.63) is 93.5 Å². The third kappa shape index (κ3) is 3.28. The Hall–Kier alpha value is -3.87. The van der Waals surface area contributed by atoms with Gasteiger partial charge in [-0.2, -0.15) is 5.10 Å². The predicted molar refractivity (Wildman–Crippen MR) is 116 cm³/mol. The fourth-order valence-corrected chi connectivity index (χ4v) is 3.99. The largest absolute Gasteiger partial charge is 0.322 e. The van der Waals surface area contributed by atoms with E-state index >= 15 is 0 Å². The molecule has 2 aromatic carbocycles. The highest BCUT2D eigenvalue weighted by Crippen LogP contribution is 2.31. The smallest absolute Gasteiger partial charge is 0.252 e. The fourth-order valence-electron chi connectivity index (χ4n) is 3.99. The van der Waals surface area contributed by atoms with Crippen LogP contribution in [0, 0.1) is 18.6 Å². The Morgan fingerprint density at radius 1 is 0.968 bits per heavy atom. The monoisotopic (exact) mass is 416 g/mol. The summed E-state index contributed by atoms with van der Waals surface area (Å²) in [5.41, 5.74) is 4.40. The van der Waals surface area contributed by atoms with Gasteiger partial charge in [0.25, 0.3) is 5.56 Å². The molecule has 3 aromatic heterocycles. The van der Waals surface area contributed by atoms with Crippen molar-refractivity contribution in [2.75, 3.05) is 0 Å². The molecule has 0 saturated carbocycles. The molecule has 2 N–H and O–H groups in total. The molecule has 1 unspecified atom stereocenters. The van der Waals surface area contributed by atoms with Gasteiger partial charge in [-0.25, -0.2) is 8.78 Å². The maximum Gasteiger partial charge on any atom is 0.252 e. The summed E-state index contributed by atoms with van der Waals surface area (Å²) >= 11 is 0. The molecule has 0 aliphatic heterocycles. The van der Waals surface area contributed by atoms with Crippen molar-refractivity contribution >= 4 is 21.8 Å². The standard InChI is InChI=1S/C24H18F2N4O/c1-12-7-14(5-6-27-12)23-19-9-15-8-18(13(2)17-4-3-16(25)10-20(17)26)24(31)28-21(15)11-22(19)29-30-23/h3-11,13H,1-2H3,(H,28,31)(H,29,30). The lowest BCUT2D eigenvalue weighted by Crippen LogP contribution is -2.16. The van der Waals surface area contributed by atoms with Crippen molar-refractivity contribution in [1.29, 1.82) is 0 Å². The highest BCUT2D eigenvalue weighted by molar-refractivity contribution is 6.01. The van der Waals surface area contributed by atoms with Crippen LogP contribution in [-0.4, -0.2) is 20.2 Å². The van der Waals surface area contributed by atoms with Gasteiger partial charge in [-0.05, 0) is 54.3 Å². The minimum Gasteiger partial charge on any atom is -0.322 e. The predicted octanol–water partition coefficient (Wildman–Crippen LogP) is 5.20. The number of hydrogen-bond donors (Lipinski definition) is 2. The number of fused-ring (bicyclic) bond motifs is 2. The van der Waals surface area contributed by atoms with Crippen LogP contribution < -0.4 is 5.56 Å². The molecule has 5 nitrogen and oxygen atoms in total. The van der Waals surface area contributed by atoms with Crippen molar-refractivity contribution in [2.45, 2.75) is 19.8 Å². The van der Waals surface area contributed by atoms with Gasteiger partial charge in [0.05, 0.1) is 11.0 Å². The number of nitrogens with zero attached hydrogens (tertiary/aromatic N) is 2. The lowest BCUT2D eigenvalue weighted by Gasteiger charge is -2.13. The van der Waals surface area contributed by atoms with Crippen LogP contribution in [0.15, 0.2) is 59.5 Å². The third-order valence-electron chi connectivity index (χ3n) is 5.62. The van der Waals surface area contributed by atoms with E-state index in [9.17, 15) is 13.6 Å². The molecule has 0 amide bonds. The lowest BCUT2D eigenvalue weighted by molar-refractivity contribution is 0.567. The van der Waals surface area contributed by atoms with Gasteiger partial charge in [-0.1, -0.05) is 13.0 Å². The number of pyridine rings is 2. The number of nitrogens with one attached hydrogen (secondary N) is 2. The lowest BCUT2D eigenvalue weighted by atomic mass is 9.92. The van der Waals surface area contributed by atoms with E-state index in [0.717, 1.165) is 39.3 Å². The SMILES string of the molecule is Cc1cc(-c2n[nH]c3cc4[nH]c(=O)c(C(C)c5ccc(F)cc5F)cc4cc23)ccn1.